The van der Waals surface area contributed by atoms with Gasteiger partial charge in [-0.3, -0.25) is 4.79 Å². The van der Waals surface area contributed by atoms with E-state index >= 15 is 0 Å². The molecule has 6 heteroatoms. The average molecular weight is 353 g/mol. The molecule has 0 saturated heterocycles. The molecule has 0 saturated carbocycles. The van der Waals surface area contributed by atoms with E-state index in [1.165, 1.54) is 27.6 Å². The van der Waals surface area contributed by atoms with Crippen LogP contribution in [-0.4, -0.2) is 5.91 Å². The van der Waals surface area contributed by atoms with Crippen LogP contribution in [0, 0.1) is 29.6 Å². The summed E-state index contributed by atoms with van der Waals surface area (Å²) in [4.78, 5) is 14.5. The first kappa shape index (κ1) is 16.4. The zero-order valence-electron chi connectivity index (χ0n) is 13.2. The minimum absolute atomic E-state index is 0.0517. The molecule has 0 aromatic carbocycles. The number of carbonyl (C=O) groups excluding carboxylic acids is 1. The Bertz CT molecular complexity index is 906. The van der Waals surface area contributed by atoms with E-state index < -0.39 is 5.91 Å². The highest BCUT2D eigenvalue weighted by Crippen LogP contribution is 2.37. The van der Waals surface area contributed by atoms with Gasteiger partial charge in [0.25, 0.3) is 5.91 Å². The lowest BCUT2D eigenvalue weighted by Gasteiger charge is -2.09. The van der Waals surface area contributed by atoms with Gasteiger partial charge in [0.05, 0.1) is 5.56 Å². The number of hydrogen-bond donors (Lipinski definition) is 1. The molecule has 0 bridgehead atoms. The highest BCUT2D eigenvalue weighted by molar-refractivity contribution is 7.16. The molecule has 1 aliphatic carbocycles. The van der Waals surface area contributed by atoms with Crippen LogP contribution in [0.3, 0.4) is 0 Å². The summed E-state index contributed by atoms with van der Waals surface area (Å²) < 4.78 is 0. The van der Waals surface area contributed by atoms with Crippen LogP contribution in [0.15, 0.2) is 17.0 Å². The summed E-state index contributed by atoms with van der Waals surface area (Å²) >= 11 is 2.95. The minimum atomic E-state index is -0.458. The van der Waals surface area contributed by atoms with Crippen LogP contribution in [0.2, 0.25) is 0 Å². The van der Waals surface area contributed by atoms with Gasteiger partial charge in [-0.15, -0.1) is 22.7 Å². The second-order valence-corrected chi connectivity index (χ2v) is 7.67. The fourth-order valence-corrected chi connectivity index (χ4v) is 4.85. The molecule has 1 N–H and O–H groups in total. The zero-order valence-corrected chi connectivity index (χ0v) is 14.8. The van der Waals surface area contributed by atoms with Gasteiger partial charge < -0.3 is 5.32 Å². The first-order valence-electron chi connectivity index (χ1n) is 7.66. The molecule has 0 spiro atoms. The van der Waals surface area contributed by atoms with Crippen molar-refractivity contribution in [3.05, 3.63) is 43.5 Å². The predicted octanol–water partition coefficient (Wildman–Crippen LogP) is 4.41. The van der Waals surface area contributed by atoms with Crippen molar-refractivity contribution < 1.29 is 4.79 Å². The summed E-state index contributed by atoms with van der Waals surface area (Å²) in [5.41, 5.74) is 2.72. The number of aryl methyl sites for hydroxylation is 2. The van der Waals surface area contributed by atoms with E-state index in [1.54, 1.807) is 6.08 Å². The second-order valence-electron chi connectivity index (χ2n) is 5.62. The molecule has 0 fully saturated rings. The zero-order chi connectivity index (χ0) is 17.1. The van der Waals surface area contributed by atoms with Crippen molar-refractivity contribution in [3.63, 3.8) is 0 Å². The van der Waals surface area contributed by atoms with Gasteiger partial charge in [-0.05, 0) is 61.3 Å². The Labute approximate surface area is 148 Å². The van der Waals surface area contributed by atoms with Crippen molar-refractivity contribution in [2.24, 2.45) is 0 Å². The van der Waals surface area contributed by atoms with E-state index in [1.807, 2.05) is 24.4 Å². The van der Waals surface area contributed by atoms with Gasteiger partial charge in [0.1, 0.15) is 22.7 Å². The number of rotatable bonds is 3. The number of carbonyl (C=O) groups is 1. The fourth-order valence-electron chi connectivity index (χ4n) is 2.75. The molecule has 2 aromatic heterocycles. The standard InChI is InChI=1S/C18H15N3OS2/c1-11-6-7-23-16(11)8-12(9-19)17(22)21-18-14(10-20)13-4-2-3-5-15(13)24-18/h6-8H,2-5H2,1H3,(H,21,22)/b12-8+. The topological polar surface area (TPSA) is 76.7 Å². The maximum atomic E-state index is 12.5. The smallest absolute Gasteiger partial charge is 0.267 e. The van der Waals surface area contributed by atoms with Crippen LogP contribution in [0.4, 0.5) is 5.00 Å². The first-order chi connectivity index (χ1) is 11.6. The monoisotopic (exact) mass is 353 g/mol. The fraction of sp³-hybridized carbons (Fsp3) is 0.278. The van der Waals surface area contributed by atoms with Crippen molar-refractivity contribution >= 4 is 39.7 Å². The van der Waals surface area contributed by atoms with Crippen LogP contribution < -0.4 is 5.32 Å². The van der Waals surface area contributed by atoms with Gasteiger partial charge in [0.15, 0.2) is 0 Å². The molecule has 1 amide bonds. The van der Waals surface area contributed by atoms with Crippen molar-refractivity contribution in [3.8, 4) is 12.1 Å². The molecule has 24 heavy (non-hydrogen) atoms. The molecule has 0 aliphatic heterocycles. The largest absolute Gasteiger partial charge is 0.312 e. The molecule has 120 valence electrons. The first-order valence-corrected chi connectivity index (χ1v) is 9.35. The molecule has 2 heterocycles. The van der Waals surface area contributed by atoms with Gasteiger partial charge >= 0.3 is 0 Å². The summed E-state index contributed by atoms with van der Waals surface area (Å²) in [6.45, 7) is 1.94. The number of thiophene rings is 2. The maximum Gasteiger partial charge on any atom is 0.267 e. The van der Waals surface area contributed by atoms with E-state index in [-0.39, 0.29) is 5.57 Å². The minimum Gasteiger partial charge on any atom is -0.312 e. The number of amides is 1. The predicted molar refractivity (Wildman–Crippen MR) is 97.0 cm³/mol. The van der Waals surface area contributed by atoms with Crippen LogP contribution in [0.5, 0.6) is 0 Å². The van der Waals surface area contributed by atoms with Crippen molar-refractivity contribution in [2.45, 2.75) is 32.6 Å². The number of nitrogens with one attached hydrogen (secondary N) is 1. The van der Waals surface area contributed by atoms with Crippen molar-refractivity contribution in [1.82, 2.24) is 0 Å². The summed E-state index contributed by atoms with van der Waals surface area (Å²) in [6.07, 6.45) is 5.65. The van der Waals surface area contributed by atoms with Crippen LogP contribution in [0.1, 0.15) is 39.3 Å². The van der Waals surface area contributed by atoms with E-state index in [2.05, 4.69) is 11.4 Å². The third-order valence-electron chi connectivity index (χ3n) is 4.05. The summed E-state index contributed by atoms with van der Waals surface area (Å²) in [5.74, 6) is -0.458. The Kier molecular flexibility index (Phi) is 4.80. The Morgan fingerprint density at radius 1 is 1.33 bits per heavy atom. The number of nitriles is 2. The molecule has 0 radical (unpaired) electrons. The van der Waals surface area contributed by atoms with E-state index in [4.69, 9.17) is 0 Å². The quantitative estimate of drug-likeness (QED) is 0.656. The van der Waals surface area contributed by atoms with Gasteiger partial charge in [0, 0.05) is 9.75 Å². The summed E-state index contributed by atoms with van der Waals surface area (Å²) in [5, 5.41) is 24.0. The maximum absolute atomic E-state index is 12.5. The van der Waals surface area contributed by atoms with Crippen molar-refractivity contribution in [1.29, 1.82) is 10.5 Å². The molecule has 0 unspecified atom stereocenters. The van der Waals surface area contributed by atoms with Gasteiger partial charge in [-0.2, -0.15) is 10.5 Å². The molecule has 4 nitrogen and oxygen atoms in total. The third kappa shape index (κ3) is 3.12. The van der Waals surface area contributed by atoms with Gasteiger partial charge in [-0.25, -0.2) is 0 Å². The lowest BCUT2D eigenvalue weighted by Crippen LogP contribution is -2.13. The molecule has 2 aromatic rings. The van der Waals surface area contributed by atoms with Gasteiger partial charge in [0.2, 0.25) is 0 Å². The number of hydrogen-bond acceptors (Lipinski definition) is 5. The Hall–Kier alpha value is -2.41. The molecule has 1 aliphatic rings. The molecule has 0 atom stereocenters. The lowest BCUT2D eigenvalue weighted by molar-refractivity contribution is -0.112. The molecular weight excluding hydrogens is 338 g/mol. The normalized spacial score (nSPS) is 13.7. The average Bonchev–Trinajstić information content (AvgIpc) is 3.14. The highest BCUT2D eigenvalue weighted by Gasteiger charge is 2.22. The Morgan fingerprint density at radius 2 is 2.12 bits per heavy atom. The number of nitrogens with zero attached hydrogens (tertiary/aromatic N) is 2. The van der Waals surface area contributed by atoms with E-state index in [9.17, 15) is 15.3 Å². The third-order valence-corrected chi connectivity index (χ3v) is 6.23. The Balaban J connectivity index is 1.88. The summed E-state index contributed by atoms with van der Waals surface area (Å²) in [6, 6.07) is 6.13. The van der Waals surface area contributed by atoms with Crippen molar-refractivity contribution in [2.75, 3.05) is 5.32 Å². The lowest BCUT2D eigenvalue weighted by atomic mass is 9.96. The summed E-state index contributed by atoms with van der Waals surface area (Å²) in [7, 11) is 0. The van der Waals surface area contributed by atoms with E-state index in [0.29, 0.717) is 10.6 Å². The highest BCUT2D eigenvalue weighted by atomic mass is 32.1. The Morgan fingerprint density at radius 3 is 2.79 bits per heavy atom. The van der Waals surface area contributed by atoms with E-state index in [0.717, 1.165) is 41.7 Å². The molecule has 3 rings (SSSR count). The van der Waals surface area contributed by atoms with Crippen LogP contribution >= 0.6 is 22.7 Å². The van der Waals surface area contributed by atoms with Gasteiger partial charge in [-0.1, -0.05) is 0 Å². The SMILES string of the molecule is Cc1ccsc1/C=C(\C#N)C(=O)Nc1sc2c(c1C#N)CCCC2. The second kappa shape index (κ2) is 7.00. The van der Waals surface area contributed by atoms with Crippen LogP contribution in [-0.2, 0) is 17.6 Å². The molecular formula is C18H15N3OS2. The van der Waals surface area contributed by atoms with Crippen LogP contribution in [0.25, 0.3) is 6.08 Å². The number of fused-ring (bicyclic) bond motifs is 1. The number of anilines is 1.